The first-order chi connectivity index (χ1) is 11.6. The van der Waals surface area contributed by atoms with Gasteiger partial charge in [-0.3, -0.25) is 9.69 Å². The normalized spacial score (nSPS) is 17.4. The Bertz CT molecular complexity index is 664. The fourth-order valence-electron chi connectivity index (χ4n) is 3.24. The first kappa shape index (κ1) is 16.7. The first-order valence-corrected chi connectivity index (χ1v) is 8.49. The molecule has 1 unspecified atom stereocenters. The molecule has 0 aliphatic carbocycles. The molecule has 1 aliphatic heterocycles. The van der Waals surface area contributed by atoms with E-state index in [0.29, 0.717) is 11.6 Å². The minimum Gasteiger partial charge on any atom is -0.349 e. The zero-order valence-electron chi connectivity index (χ0n) is 13.9. The number of benzene rings is 2. The average molecular weight is 326 g/mol. The van der Waals surface area contributed by atoms with Crippen molar-refractivity contribution in [2.24, 2.45) is 0 Å². The van der Waals surface area contributed by atoms with Crippen LogP contribution in [0.4, 0.5) is 4.39 Å². The predicted octanol–water partition coefficient (Wildman–Crippen LogP) is 3.78. The molecule has 1 amide bonds. The fourth-order valence-corrected chi connectivity index (χ4v) is 3.24. The lowest BCUT2D eigenvalue weighted by molar-refractivity contribution is 0.0896. The minimum atomic E-state index is -0.324. The van der Waals surface area contributed by atoms with Gasteiger partial charge in [0.05, 0.1) is 0 Å². The number of likely N-dealkylation sites (tertiary alicyclic amines) is 1. The number of carbonyl (C=O) groups is 1. The summed E-state index contributed by atoms with van der Waals surface area (Å²) in [6.07, 6.45) is 1.87. The molecule has 0 bridgehead atoms. The third kappa shape index (κ3) is 4.01. The lowest BCUT2D eigenvalue weighted by Crippen LogP contribution is -2.45. The van der Waals surface area contributed by atoms with Crippen molar-refractivity contribution >= 4 is 5.91 Å². The lowest BCUT2D eigenvalue weighted by atomic mass is 10.00. The number of hydrogen-bond acceptors (Lipinski definition) is 2. The predicted molar refractivity (Wildman–Crippen MR) is 93.3 cm³/mol. The SMILES string of the molecule is CC(c1ccccc1)N1CCC(NC(=O)c2ccc(F)cc2)CC1. The highest BCUT2D eigenvalue weighted by molar-refractivity contribution is 5.94. The van der Waals surface area contributed by atoms with Gasteiger partial charge in [0.25, 0.3) is 5.91 Å². The maximum atomic E-state index is 12.9. The highest BCUT2D eigenvalue weighted by Gasteiger charge is 2.24. The fraction of sp³-hybridized carbons (Fsp3) is 0.350. The van der Waals surface area contributed by atoms with Gasteiger partial charge in [-0.2, -0.15) is 0 Å². The van der Waals surface area contributed by atoms with Crippen LogP contribution in [-0.2, 0) is 0 Å². The van der Waals surface area contributed by atoms with Gasteiger partial charge in [-0.05, 0) is 49.6 Å². The van der Waals surface area contributed by atoms with Crippen LogP contribution >= 0.6 is 0 Å². The van der Waals surface area contributed by atoms with Crippen LogP contribution in [0.3, 0.4) is 0 Å². The van der Waals surface area contributed by atoms with E-state index in [-0.39, 0.29) is 17.8 Å². The zero-order valence-corrected chi connectivity index (χ0v) is 13.9. The molecule has 0 saturated carbocycles. The van der Waals surface area contributed by atoms with E-state index in [4.69, 9.17) is 0 Å². The number of piperidine rings is 1. The van der Waals surface area contributed by atoms with E-state index in [1.54, 1.807) is 0 Å². The molecule has 3 rings (SSSR count). The summed E-state index contributed by atoms with van der Waals surface area (Å²) in [4.78, 5) is 14.7. The molecule has 126 valence electrons. The van der Waals surface area contributed by atoms with E-state index < -0.39 is 0 Å². The van der Waals surface area contributed by atoms with Crippen LogP contribution in [0.5, 0.6) is 0 Å². The quantitative estimate of drug-likeness (QED) is 0.927. The Morgan fingerprint density at radius 1 is 1.08 bits per heavy atom. The smallest absolute Gasteiger partial charge is 0.251 e. The monoisotopic (exact) mass is 326 g/mol. The van der Waals surface area contributed by atoms with Crippen molar-refractivity contribution in [3.05, 3.63) is 71.5 Å². The van der Waals surface area contributed by atoms with Gasteiger partial charge in [0.2, 0.25) is 0 Å². The van der Waals surface area contributed by atoms with Gasteiger partial charge < -0.3 is 5.32 Å². The molecule has 1 fully saturated rings. The van der Waals surface area contributed by atoms with Crippen LogP contribution < -0.4 is 5.32 Å². The number of nitrogens with zero attached hydrogens (tertiary/aromatic N) is 1. The molecular weight excluding hydrogens is 303 g/mol. The molecule has 2 aromatic carbocycles. The van der Waals surface area contributed by atoms with Gasteiger partial charge in [-0.1, -0.05) is 30.3 Å². The van der Waals surface area contributed by atoms with E-state index in [1.807, 2.05) is 6.07 Å². The van der Waals surface area contributed by atoms with Gasteiger partial charge in [0.15, 0.2) is 0 Å². The van der Waals surface area contributed by atoms with Crippen LogP contribution in [0.15, 0.2) is 54.6 Å². The molecule has 24 heavy (non-hydrogen) atoms. The molecule has 0 radical (unpaired) electrons. The topological polar surface area (TPSA) is 32.3 Å². The summed E-state index contributed by atoms with van der Waals surface area (Å²) in [6.45, 7) is 4.15. The summed E-state index contributed by atoms with van der Waals surface area (Å²) in [5.41, 5.74) is 1.84. The largest absolute Gasteiger partial charge is 0.349 e. The number of carbonyl (C=O) groups excluding carboxylic acids is 1. The Morgan fingerprint density at radius 3 is 2.33 bits per heavy atom. The van der Waals surface area contributed by atoms with Crippen molar-refractivity contribution in [1.29, 1.82) is 0 Å². The van der Waals surface area contributed by atoms with E-state index in [9.17, 15) is 9.18 Å². The molecule has 1 atom stereocenters. The molecular formula is C20H23FN2O. The van der Waals surface area contributed by atoms with Gasteiger partial charge in [-0.15, -0.1) is 0 Å². The van der Waals surface area contributed by atoms with Crippen molar-refractivity contribution in [3.63, 3.8) is 0 Å². The average Bonchev–Trinajstić information content (AvgIpc) is 2.63. The van der Waals surface area contributed by atoms with Gasteiger partial charge >= 0.3 is 0 Å². The lowest BCUT2D eigenvalue weighted by Gasteiger charge is -2.36. The van der Waals surface area contributed by atoms with Crippen molar-refractivity contribution < 1.29 is 9.18 Å². The third-order valence-electron chi connectivity index (χ3n) is 4.80. The van der Waals surface area contributed by atoms with Crippen LogP contribution in [0.2, 0.25) is 0 Å². The highest BCUT2D eigenvalue weighted by Crippen LogP contribution is 2.24. The summed E-state index contributed by atoms with van der Waals surface area (Å²) in [6, 6.07) is 16.8. The van der Waals surface area contributed by atoms with Crippen molar-refractivity contribution in [2.45, 2.75) is 31.8 Å². The molecule has 4 heteroatoms. The number of amides is 1. The van der Waals surface area contributed by atoms with E-state index in [0.717, 1.165) is 25.9 Å². The molecule has 0 spiro atoms. The number of halogens is 1. The number of hydrogen-bond donors (Lipinski definition) is 1. The summed E-state index contributed by atoms with van der Waals surface area (Å²) >= 11 is 0. The first-order valence-electron chi connectivity index (χ1n) is 8.49. The van der Waals surface area contributed by atoms with Gasteiger partial charge in [-0.25, -0.2) is 4.39 Å². The molecule has 1 saturated heterocycles. The zero-order chi connectivity index (χ0) is 16.9. The minimum absolute atomic E-state index is 0.121. The standard InChI is InChI=1S/C20H23FN2O/c1-15(16-5-3-2-4-6-16)23-13-11-19(12-14-23)22-20(24)17-7-9-18(21)10-8-17/h2-10,15,19H,11-14H2,1H3,(H,22,24). The Kier molecular flexibility index (Phi) is 5.26. The van der Waals surface area contributed by atoms with E-state index in [2.05, 4.69) is 41.4 Å². The highest BCUT2D eigenvalue weighted by atomic mass is 19.1. The second-order valence-electron chi connectivity index (χ2n) is 6.38. The van der Waals surface area contributed by atoms with Crippen LogP contribution in [0, 0.1) is 5.82 Å². The number of rotatable bonds is 4. The van der Waals surface area contributed by atoms with Crippen LogP contribution in [-0.4, -0.2) is 29.9 Å². The Balaban J connectivity index is 1.52. The maximum absolute atomic E-state index is 12.9. The van der Waals surface area contributed by atoms with Crippen LogP contribution in [0.25, 0.3) is 0 Å². The van der Waals surface area contributed by atoms with Gasteiger partial charge in [0, 0.05) is 30.7 Å². The molecule has 1 N–H and O–H groups in total. The van der Waals surface area contributed by atoms with Crippen molar-refractivity contribution in [1.82, 2.24) is 10.2 Å². The van der Waals surface area contributed by atoms with Crippen molar-refractivity contribution in [2.75, 3.05) is 13.1 Å². The molecule has 1 heterocycles. The third-order valence-corrected chi connectivity index (χ3v) is 4.80. The second kappa shape index (κ2) is 7.58. The van der Waals surface area contributed by atoms with E-state index >= 15 is 0 Å². The summed E-state index contributed by atoms with van der Waals surface area (Å²) in [7, 11) is 0. The molecule has 2 aromatic rings. The molecule has 3 nitrogen and oxygen atoms in total. The second-order valence-corrected chi connectivity index (χ2v) is 6.38. The molecule has 0 aromatic heterocycles. The Hall–Kier alpha value is -2.20. The summed E-state index contributed by atoms with van der Waals surface area (Å²) in [5.74, 6) is -0.445. The Morgan fingerprint density at radius 2 is 1.71 bits per heavy atom. The van der Waals surface area contributed by atoms with Crippen LogP contribution in [0.1, 0.15) is 41.7 Å². The summed E-state index contributed by atoms with van der Waals surface area (Å²) in [5, 5.41) is 3.07. The maximum Gasteiger partial charge on any atom is 0.251 e. The van der Waals surface area contributed by atoms with E-state index in [1.165, 1.54) is 29.8 Å². The molecule has 1 aliphatic rings. The summed E-state index contributed by atoms with van der Waals surface area (Å²) < 4.78 is 12.9. The van der Waals surface area contributed by atoms with Crippen molar-refractivity contribution in [3.8, 4) is 0 Å². The Labute approximate surface area is 142 Å². The van der Waals surface area contributed by atoms with Gasteiger partial charge in [0.1, 0.15) is 5.82 Å². The number of nitrogens with one attached hydrogen (secondary N) is 1.